The zero-order chi connectivity index (χ0) is 21.8. The third-order valence-electron chi connectivity index (χ3n) is 6.79. The number of nitrogens with one attached hydrogen (secondary N) is 2. The first kappa shape index (κ1) is 20.1. The molecule has 2 aliphatic carbocycles. The van der Waals surface area contributed by atoms with Gasteiger partial charge in [0.05, 0.1) is 16.8 Å². The Bertz CT molecular complexity index is 1150. The number of fused-ring (bicyclic) bond motifs is 1. The maximum absolute atomic E-state index is 14.4. The monoisotopic (exact) mass is 428 g/mol. The van der Waals surface area contributed by atoms with Gasteiger partial charge < -0.3 is 15.4 Å². The first-order valence-electron chi connectivity index (χ1n) is 10.6. The van der Waals surface area contributed by atoms with Crippen molar-refractivity contribution in [1.29, 1.82) is 0 Å². The molecule has 0 unspecified atom stereocenters. The summed E-state index contributed by atoms with van der Waals surface area (Å²) in [4.78, 5) is 15.6. The quantitative estimate of drug-likeness (QED) is 0.548. The number of amides is 1. The van der Waals surface area contributed by atoms with Gasteiger partial charge in [-0.25, -0.2) is 13.2 Å². The number of aromatic nitrogens is 1. The summed E-state index contributed by atoms with van der Waals surface area (Å²) >= 11 is 0. The highest BCUT2D eigenvalue weighted by atomic mass is 19.1. The number of benzene rings is 2. The van der Waals surface area contributed by atoms with Gasteiger partial charge in [0, 0.05) is 23.9 Å². The van der Waals surface area contributed by atoms with Crippen LogP contribution in [0.5, 0.6) is 0 Å². The number of aromatic amines is 1. The van der Waals surface area contributed by atoms with Gasteiger partial charge in [-0.2, -0.15) is 0 Å². The fraction of sp³-hybridized carbons (Fsp3) is 0.375. The van der Waals surface area contributed by atoms with Gasteiger partial charge in [0.15, 0.2) is 0 Å². The van der Waals surface area contributed by atoms with Crippen LogP contribution in [0.25, 0.3) is 22.2 Å². The van der Waals surface area contributed by atoms with Crippen molar-refractivity contribution >= 4 is 16.8 Å². The SMILES string of the molecule is O=C(NCC1(O)CCC1)C1CC(c2c(-c3ccc(F)cc3)[nH]c3c(F)cc(F)cc23)C1. The van der Waals surface area contributed by atoms with E-state index in [0.29, 0.717) is 42.3 Å². The molecule has 2 fully saturated rings. The van der Waals surface area contributed by atoms with E-state index in [1.807, 2.05) is 0 Å². The van der Waals surface area contributed by atoms with Crippen LogP contribution >= 0.6 is 0 Å². The van der Waals surface area contributed by atoms with Crippen LogP contribution in [-0.2, 0) is 4.79 Å². The molecule has 0 saturated heterocycles. The average Bonchev–Trinajstić information content (AvgIpc) is 3.04. The molecule has 5 rings (SSSR count). The third-order valence-corrected chi connectivity index (χ3v) is 6.79. The van der Waals surface area contributed by atoms with Crippen LogP contribution in [0.2, 0.25) is 0 Å². The Labute approximate surface area is 177 Å². The number of rotatable bonds is 5. The Morgan fingerprint density at radius 3 is 2.45 bits per heavy atom. The second-order valence-electron chi connectivity index (χ2n) is 8.89. The summed E-state index contributed by atoms with van der Waals surface area (Å²) in [6.45, 7) is 0.261. The van der Waals surface area contributed by atoms with Crippen molar-refractivity contribution in [2.45, 2.75) is 43.6 Å². The van der Waals surface area contributed by atoms with E-state index in [1.165, 1.54) is 18.2 Å². The van der Waals surface area contributed by atoms with Crippen molar-refractivity contribution in [3.8, 4) is 11.3 Å². The highest BCUT2D eigenvalue weighted by Gasteiger charge is 2.40. The molecule has 31 heavy (non-hydrogen) atoms. The molecule has 1 amide bonds. The lowest BCUT2D eigenvalue weighted by atomic mass is 9.69. The average molecular weight is 428 g/mol. The third kappa shape index (κ3) is 3.61. The summed E-state index contributed by atoms with van der Waals surface area (Å²) in [6, 6.07) is 7.98. The largest absolute Gasteiger partial charge is 0.388 e. The smallest absolute Gasteiger partial charge is 0.223 e. The van der Waals surface area contributed by atoms with E-state index in [0.717, 1.165) is 18.1 Å². The molecule has 1 aromatic heterocycles. The first-order chi connectivity index (χ1) is 14.8. The van der Waals surface area contributed by atoms with Gasteiger partial charge in [-0.3, -0.25) is 4.79 Å². The Morgan fingerprint density at radius 1 is 1.10 bits per heavy atom. The number of halogens is 3. The first-order valence-corrected chi connectivity index (χ1v) is 10.6. The van der Waals surface area contributed by atoms with Crippen LogP contribution in [0.1, 0.15) is 43.6 Å². The molecule has 0 spiro atoms. The minimum atomic E-state index is -0.777. The summed E-state index contributed by atoms with van der Waals surface area (Å²) in [5.41, 5.74) is 1.47. The van der Waals surface area contributed by atoms with Gasteiger partial charge in [0.1, 0.15) is 17.5 Å². The molecule has 0 atom stereocenters. The lowest BCUT2D eigenvalue weighted by Gasteiger charge is -2.39. The predicted octanol–water partition coefficient (Wildman–Crippen LogP) is 4.78. The summed E-state index contributed by atoms with van der Waals surface area (Å²) in [5.74, 6) is -2.11. The van der Waals surface area contributed by atoms with Crippen molar-refractivity contribution in [1.82, 2.24) is 10.3 Å². The van der Waals surface area contributed by atoms with Crippen molar-refractivity contribution in [2.24, 2.45) is 5.92 Å². The van der Waals surface area contributed by atoms with Gasteiger partial charge in [0.2, 0.25) is 5.91 Å². The van der Waals surface area contributed by atoms with E-state index >= 15 is 0 Å². The van der Waals surface area contributed by atoms with Crippen LogP contribution in [0.15, 0.2) is 36.4 Å². The van der Waals surface area contributed by atoms with Crippen LogP contribution in [0.4, 0.5) is 13.2 Å². The van der Waals surface area contributed by atoms with E-state index in [2.05, 4.69) is 10.3 Å². The molecule has 1 heterocycles. The van der Waals surface area contributed by atoms with Gasteiger partial charge in [-0.1, -0.05) is 0 Å². The van der Waals surface area contributed by atoms with Gasteiger partial charge in [-0.05, 0) is 79.5 Å². The zero-order valence-electron chi connectivity index (χ0n) is 16.9. The van der Waals surface area contributed by atoms with Crippen molar-refractivity contribution in [3.05, 3.63) is 59.4 Å². The molecule has 0 radical (unpaired) electrons. The standard InChI is InChI=1S/C24H23F3N2O2/c25-16-4-2-13(3-5-16)21-20(18-10-17(26)11-19(27)22(18)29-21)14-8-15(9-14)23(30)28-12-24(31)6-1-7-24/h2-5,10-11,14-15,29,31H,1,6-9,12H2,(H,28,30). The predicted molar refractivity (Wildman–Crippen MR) is 111 cm³/mol. The Balaban J connectivity index is 1.42. The molecule has 2 aromatic carbocycles. The van der Waals surface area contributed by atoms with Crippen LogP contribution in [0.3, 0.4) is 0 Å². The second-order valence-corrected chi connectivity index (χ2v) is 8.89. The number of hydrogen-bond acceptors (Lipinski definition) is 2. The van der Waals surface area contributed by atoms with Crippen molar-refractivity contribution < 1.29 is 23.1 Å². The number of carbonyl (C=O) groups is 1. The fourth-order valence-electron chi connectivity index (χ4n) is 4.73. The van der Waals surface area contributed by atoms with Gasteiger partial charge in [-0.15, -0.1) is 0 Å². The summed E-state index contributed by atoms with van der Waals surface area (Å²) in [5, 5.41) is 13.5. The highest BCUT2D eigenvalue weighted by molar-refractivity contribution is 5.92. The second kappa shape index (κ2) is 7.41. The lowest BCUT2D eigenvalue weighted by Crippen LogP contribution is -2.50. The van der Waals surface area contributed by atoms with Crippen LogP contribution < -0.4 is 5.32 Å². The van der Waals surface area contributed by atoms with E-state index in [4.69, 9.17) is 0 Å². The fourth-order valence-corrected chi connectivity index (χ4v) is 4.73. The number of H-pyrrole nitrogens is 1. The highest BCUT2D eigenvalue weighted by Crippen LogP contribution is 2.48. The van der Waals surface area contributed by atoms with Crippen molar-refractivity contribution in [2.75, 3.05) is 6.54 Å². The van der Waals surface area contributed by atoms with E-state index in [9.17, 15) is 23.1 Å². The van der Waals surface area contributed by atoms with Crippen molar-refractivity contribution in [3.63, 3.8) is 0 Å². The number of hydrogen-bond donors (Lipinski definition) is 3. The molecule has 2 aliphatic rings. The number of carbonyl (C=O) groups excluding carboxylic acids is 1. The summed E-state index contributed by atoms with van der Waals surface area (Å²) in [7, 11) is 0. The maximum atomic E-state index is 14.4. The molecule has 162 valence electrons. The lowest BCUT2D eigenvalue weighted by molar-refractivity contribution is -0.130. The topological polar surface area (TPSA) is 65.1 Å². The molecule has 0 bridgehead atoms. The molecular formula is C24H23F3N2O2. The molecule has 3 N–H and O–H groups in total. The van der Waals surface area contributed by atoms with E-state index in [-0.39, 0.29) is 35.6 Å². The van der Waals surface area contributed by atoms with E-state index < -0.39 is 17.2 Å². The van der Waals surface area contributed by atoms with Gasteiger partial charge >= 0.3 is 0 Å². The normalized spacial score (nSPS) is 22.1. The molecule has 2 saturated carbocycles. The van der Waals surface area contributed by atoms with Crippen LogP contribution in [0, 0.1) is 23.4 Å². The summed E-state index contributed by atoms with van der Waals surface area (Å²) < 4.78 is 41.8. The minimum Gasteiger partial charge on any atom is -0.388 e. The Kier molecular flexibility index (Phi) is 4.81. The summed E-state index contributed by atoms with van der Waals surface area (Å²) in [6.07, 6.45) is 3.47. The van der Waals surface area contributed by atoms with Gasteiger partial charge in [0.25, 0.3) is 0 Å². The molecule has 4 nitrogen and oxygen atoms in total. The zero-order valence-corrected chi connectivity index (χ0v) is 16.9. The van der Waals surface area contributed by atoms with E-state index in [1.54, 1.807) is 12.1 Å². The minimum absolute atomic E-state index is 0.0578. The Morgan fingerprint density at radius 2 is 1.81 bits per heavy atom. The molecular weight excluding hydrogens is 405 g/mol. The number of aliphatic hydroxyl groups is 1. The maximum Gasteiger partial charge on any atom is 0.223 e. The molecule has 3 aromatic rings. The Hall–Kier alpha value is -2.80. The molecule has 7 heteroatoms. The van der Waals surface area contributed by atoms with Crippen LogP contribution in [-0.4, -0.2) is 28.1 Å². The molecule has 0 aliphatic heterocycles.